The van der Waals surface area contributed by atoms with Gasteiger partial charge in [-0.05, 0) is 48.5 Å². The number of hydrogen-bond donors (Lipinski definition) is 3. The van der Waals surface area contributed by atoms with E-state index in [1.165, 1.54) is 0 Å². The molecule has 0 unspecified atom stereocenters. The summed E-state index contributed by atoms with van der Waals surface area (Å²) in [6, 6.07) is 13.1. The van der Waals surface area contributed by atoms with Gasteiger partial charge in [-0.1, -0.05) is 12.6 Å². The standard InChI is InChI=1S/C22H22FN5O3/c1-3-20(29)25-16-5-4-6-17(13-16)26-21-19(23)14-24-22(28-21)27-15-7-9-18(10-8-15)31-12-11-30-2/h3-10,13-14H,1,11-12H2,2H3,(H,25,29)(H2,24,26,27,28)/i2D3,14D. The van der Waals surface area contributed by atoms with Crippen molar-refractivity contribution in [2.45, 2.75) is 0 Å². The first-order valence-electron chi connectivity index (χ1n) is 11.1. The van der Waals surface area contributed by atoms with Crippen LogP contribution in [0.2, 0.25) is 0 Å². The van der Waals surface area contributed by atoms with Gasteiger partial charge in [0.1, 0.15) is 12.4 Å². The van der Waals surface area contributed by atoms with Gasteiger partial charge < -0.3 is 25.4 Å². The minimum absolute atomic E-state index is 0.0187. The Balaban J connectivity index is 1.66. The molecule has 8 nitrogen and oxygen atoms in total. The van der Waals surface area contributed by atoms with Crippen LogP contribution in [0.25, 0.3) is 0 Å². The number of methoxy groups -OCH3 is 1. The topological polar surface area (TPSA) is 97.4 Å². The number of rotatable bonds is 10. The first-order chi connectivity index (χ1) is 16.6. The lowest BCUT2D eigenvalue weighted by atomic mass is 10.2. The van der Waals surface area contributed by atoms with Gasteiger partial charge in [-0.15, -0.1) is 0 Å². The van der Waals surface area contributed by atoms with Crippen LogP contribution in [-0.4, -0.2) is 36.1 Å². The van der Waals surface area contributed by atoms with Crippen LogP contribution in [0.5, 0.6) is 5.75 Å². The molecule has 0 aliphatic carbocycles. The van der Waals surface area contributed by atoms with E-state index in [1.54, 1.807) is 48.5 Å². The summed E-state index contributed by atoms with van der Waals surface area (Å²) < 4.78 is 53.3. The van der Waals surface area contributed by atoms with E-state index in [4.69, 9.17) is 10.2 Å². The second-order valence-corrected chi connectivity index (χ2v) is 6.07. The van der Waals surface area contributed by atoms with E-state index < -0.39 is 24.9 Å². The van der Waals surface area contributed by atoms with Crippen LogP contribution in [-0.2, 0) is 9.53 Å². The van der Waals surface area contributed by atoms with Crippen molar-refractivity contribution in [2.24, 2.45) is 0 Å². The van der Waals surface area contributed by atoms with Gasteiger partial charge >= 0.3 is 0 Å². The average molecular weight is 427 g/mol. The fraction of sp³-hybridized carbons (Fsp3) is 0.136. The lowest BCUT2D eigenvalue weighted by Gasteiger charge is -2.11. The van der Waals surface area contributed by atoms with Crippen molar-refractivity contribution in [2.75, 3.05) is 36.2 Å². The third kappa shape index (κ3) is 6.51. The SMILES string of the molecule is [2H]c1nc(Nc2ccc(OCCOC([2H])([2H])[2H])cc2)nc(Nc2cccc(NC(=O)C=C)c2)c1F. The molecule has 1 amide bonds. The predicted octanol–water partition coefficient (Wildman–Crippen LogP) is 4.25. The summed E-state index contributed by atoms with van der Waals surface area (Å²) in [5.74, 6) is -1.10. The molecule has 0 bridgehead atoms. The maximum Gasteiger partial charge on any atom is 0.247 e. The number of benzene rings is 2. The number of hydrogen-bond acceptors (Lipinski definition) is 7. The molecule has 0 aliphatic heterocycles. The molecule has 3 rings (SSSR count). The summed E-state index contributed by atoms with van der Waals surface area (Å²) in [4.78, 5) is 19.4. The molecule has 1 heterocycles. The molecule has 0 saturated heterocycles. The van der Waals surface area contributed by atoms with E-state index >= 15 is 0 Å². The van der Waals surface area contributed by atoms with E-state index in [0.717, 1.165) is 6.08 Å². The number of carbonyl (C=O) groups excluding carboxylic acids is 1. The minimum atomic E-state index is -2.47. The maximum atomic E-state index is 14.5. The van der Waals surface area contributed by atoms with Crippen molar-refractivity contribution in [3.05, 3.63) is 73.2 Å². The van der Waals surface area contributed by atoms with Crippen LogP contribution in [0.4, 0.5) is 33.2 Å². The van der Waals surface area contributed by atoms with E-state index in [1.807, 2.05) is 0 Å². The number of nitrogens with one attached hydrogen (secondary N) is 3. The van der Waals surface area contributed by atoms with Gasteiger partial charge in [-0.25, -0.2) is 9.37 Å². The Morgan fingerprint density at radius 1 is 1.19 bits per heavy atom. The zero-order valence-electron chi connectivity index (χ0n) is 20.3. The van der Waals surface area contributed by atoms with E-state index in [9.17, 15) is 9.18 Å². The van der Waals surface area contributed by atoms with Crippen molar-refractivity contribution >= 4 is 34.7 Å². The quantitative estimate of drug-likeness (QED) is 0.329. The summed E-state index contributed by atoms with van der Waals surface area (Å²) in [6.45, 7) is 3.35. The molecular formula is C22H22FN5O3. The minimum Gasteiger partial charge on any atom is -0.491 e. The smallest absolute Gasteiger partial charge is 0.247 e. The van der Waals surface area contributed by atoms with E-state index in [-0.39, 0.29) is 25.0 Å². The summed E-state index contributed by atoms with van der Waals surface area (Å²) in [5, 5.41) is 8.27. The number of ether oxygens (including phenoxy) is 2. The number of amides is 1. The Kier molecular flexibility index (Phi) is 5.79. The molecule has 3 N–H and O–H groups in total. The second-order valence-electron chi connectivity index (χ2n) is 6.07. The van der Waals surface area contributed by atoms with Crippen LogP contribution in [0, 0.1) is 5.82 Å². The Bertz CT molecular complexity index is 1190. The van der Waals surface area contributed by atoms with Gasteiger partial charge in [0.15, 0.2) is 11.6 Å². The van der Waals surface area contributed by atoms with Gasteiger partial charge in [0.25, 0.3) is 0 Å². The molecule has 3 aromatic rings. The second kappa shape index (κ2) is 10.7. The van der Waals surface area contributed by atoms with Gasteiger partial charge in [-0.3, -0.25) is 4.79 Å². The lowest BCUT2D eigenvalue weighted by molar-refractivity contribution is -0.111. The van der Waals surface area contributed by atoms with Crippen molar-refractivity contribution in [3.8, 4) is 5.75 Å². The fourth-order valence-electron chi connectivity index (χ4n) is 2.44. The molecule has 0 spiro atoms. The summed E-state index contributed by atoms with van der Waals surface area (Å²) >= 11 is 0. The molecule has 0 radical (unpaired) electrons. The Hall–Kier alpha value is -3.98. The molecular weight excluding hydrogens is 401 g/mol. The van der Waals surface area contributed by atoms with Crippen molar-refractivity contribution < 1.29 is 24.1 Å². The third-order valence-corrected chi connectivity index (χ3v) is 3.83. The molecule has 1 aromatic heterocycles. The predicted molar refractivity (Wildman–Crippen MR) is 118 cm³/mol. The van der Waals surface area contributed by atoms with Crippen LogP contribution >= 0.6 is 0 Å². The molecule has 0 fully saturated rings. The van der Waals surface area contributed by atoms with Gasteiger partial charge in [-0.2, -0.15) is 4.98 Å². The third-order valence-electron chi connectivity index (χ3n) is 3.83. The molecule has 0 saturated carbocycles. The zero-order valence-corrected chi connectivity index (χ0v) is 16.3. The van der Waals surface area contributed by atoms with Gasteiger partial charge in [0.05, 0.1) is 18.3 Å². The highest BCUT2D eigenvalue weighted by Crippen LogP contribution is 2.23. The summed E-state index contributed by atoms with van der Waals surface area (Å²) in [6.07, 6.45) is 0.512. The first kappa shape index (κ1) is 16.8. The maximum absolute atomic E-state index is 14.5. The number of anilines is 5. The molecule has 160 valence electrons. The number of halogens is 1. The Morgan fingerprint density at radius 2 is 2.00 bits per heavy atom. The first-order valence-corrected chi connectivity index (χ1v) is 9.11. The Morgan fingerprint density at radius 3 is 2.77 bits per heavy atom. The average Bonchev–Trinajstić information content (AvgIpc) is 2.80. The van der Waals surface area contributed by atoms with Crippen LogP contribution in [0.15, 0.2) is 67.4 Å². The molecule has 31 heavy (non-hydrogen) atoms. The van der Waals surface area contributed by atoms with Crippen LogP contribution in [0.3, 0.4) is 0 Å². The summed E-state index contributed by atoms with van der Waals surface area (Å²) in [7, 11) is -2.47. The van der Waals surface area contributed by atoms with Crippen LogP contribution < -0.4 is 20.7 Å². The number of aromatic nitrogens is 2. The fourth-order valence-corrected chi connectivity index (χ4v) is 2.44. The number of carbonyl (C=O) groups is 1. The zero-order chi connectivity index (χ0) is 25.4. The Labute approximate surface area is 184 Å². The highest BCUT2D eigenvalue weighted by molar-refractivity contribution is 5.99. The largest absolute Gasteiger partial charge is 0.491 e. The monoisotopic (exact) mass is 427 g/mol. The van der Waals surface area contributed by atoms with Crippen molar-refractivity contribution in [3.63, 3.8) is 0 Å². The highest BCUT2D eigenvalue weighted by atomic mass is 19.1. The molecule has 9 heteroatoms. The van der Waals surface area contributed by atoms with Crippen LogP contribution in [0.1, 0.15) is 5.48 Å². The molecule has 2 aromatic carbocycles. The molecule has 0 atom stereocenters. The number of nitrogens with zero attached hydrogens (tertiary/aromatic N) is 2. The highest BCUT2D eigenvalue weighted by Gasteiger charge is 2.09. The van der Waals surface area contributed by atoms with Crippen molar-refractivity contribution in [1.29, 1.82) is 0 Å². The van der Waals surface area contributed by atoms with E-state index in [2.05, 4.69) is 37.2 Å². The van der Waals surface area contributed by atoms with Crippen molar-refractivity contribution in [1.82, 2.24) is 9.97 Å². The molecule has 0 aliphatic rings. The van der Waals surface area contributed by atoms with Gasteiger partial charge in [0.2, 0.25) is 11.9 Å². The lowest BCUT2D eigenvalue weighted by Crippen LogP contribution is -2.07. The van der Waals surface area contributed by atoms with Gasteiger partial charge in [0, 0.05) is 24.1 Å². The summed E-state index contributed by atoms with van der Waals surface area (Å²) in [5.41, 5.74) is 1.44. The van der Waals surface area contributed by atoms with E-state index in [0.29, 0.717) is 22.8 Å². The normalized spacial score (nSPS) is 12.5.